The maximum atomic E-state index is 12.4. The number of H-pyrrole nitrogens is 1. The molecule has 7 nitrogen and oxygen atoms in total. The molecule has 0 radical (unpaired) electrons. The van der Waals surface area contributed by atoms with Gasteiger partial charge in [0, 0.05) is 30.8 Å². The summed E-state index contributed by atoms with van der Waals surface area (Å²) >= 11 is 1.61. The summed E-state index contributed by atoms with van der Waals surface area (Å²) in [5.74, 6) is 1.95. The van der Waals surface area contributed by atoms with Crippen molar-refractivity contribution in [1.29, 1.82) is 0 Å². The van der Waals surface area contributed by atoms with Crippen molar-refractivity contribution < 1.29 is 14.3 Å². The molecule has 4 rings (SSSR count). The van der Waals surface area contributed by atoms with Crippen LogP contribution in [0.4, 0.5) is 5.69 Å². The van der Waals surface area contributed by atoms with E-state index in [-0.39, 0.29) is 17.2 Å². The maximum Gasteiger partial charge on any atom is 0.233 e. The summed E-state index contributed by atoms with van der Waals surface area (Å²) in [6.07, 6.45) is 2.52. The highest BCUT2D eigenvalue weighted by Crippen LogP contribution is 2.38. The van der Waals surface area contributed by atoms with E-state index in [1.54, 1.807) is 17.8 Å². The molecule has 2 heterocycles. The molecule has 1 fully saturated rings. The van der Waals surface area contributed by atoms with Gasteiger partial charge in [0.15, 0.2) is 0 Å². The normalized spacial score (nSPS) is 15.8. The lowest BCUT2D eigenvalue weighted by Gasteiger charge is -2.23. The van der Waals surface area contributed by atoms with Crippen molar-refractivity contribution in [3.05, 3.63) is 66.5 Å². The number of aromatic nitrogens is 2. The standard InChI is InChI=1S/C23H24N4O3S/c1-16(28)25-18-9-5-10-19(13-18)30-12-6-11-27-21(29)15-31-23(27)20-14-24-22(26-20)17-7-3-2-4-8-17/h2-5,7-10,13-14,23H,6,11-12,15H2,1H3,(H,24,26)(H,25,28). The maximum absolute atomic E-state index is 12.4. The van der Waals surface area contributed by atoms with E-state index in [1.807, 2.05) is 59.6 Å². The number of benzene rings is 2. The minimum atomic E-state index is -0.123. The van der Waals surface area contributed by atoms with Crippen LogP contribution in [0.3, 0.4) is 0 Å². The SMILES string of the molecule is CC(=O)Nc1cccc(OCCCN2C(=O)CSC2c2cnc(-c3ccccc3)[nH]2)c1. The molecule has 0 spiro atoms. The molecule has 3 aromatic rings. The van der Waals surface area contributed by atoms with Gasteiger partial charge in [0.05, 0.1) is 24.3 Å². The average molecular weight is 437 g/mol. The molecule has 160 valence electrons. The lowest BCUT2D eigenvalue weighted by Crippen LogP contribution is -2.30. The summed E-state index contributed by atoms with van der Waals surface area (Å²) in [6, 6.07) is 17.2. The van der Waals surface area contributed by atoms with Gasteiger partial charge in [-0.15, -0.1) is 11.8 Å². The minimum Gasteiger partial charge on any atom is -0.493 e. The summed E-state index contributed by atoms with van der Waals surface area (Å²) in [5.41, 5.74) is 2.65. The van der Waals surface area contributed by atoms with Crippen LogP contribution in [0.15, 0.2) is 60.8 Å². The Morgan fingerprint density at radius 2 is 2.10 bits per heavy atom. The van der Waals surface area contributed by atoms with Gasteiger partial charge >= 0.3 is 0 Å². The first-order valence-corrected chi connectivity index (χ1v) is 11.2. The Balaban J connectivity index is 1.33. The predicted octanol–water partition coefficient (Wildman–Crippen LogP) is 4.08. The van der Waals surface area contributed by atoms with Gasteiger partial charge in [0.25, 0.3) is 0 Å². The van der Waals surface area contributed by atoms with Crippen LogP contribution in [0.2, 0.25) is 0 Å². The number of thioether (sulfide) groups is 1. The quantitative estimate of drug-likeness (QED) is 0.520. The van der Waals surface area contributed by atoms with Gasteiger partial charge in [-0.1, -0.05) is 36.4 Å². The van der Waals surface area contributed by atoms with Crippen LogP contribution in [0, 0.1) is 0 Å². The van der Waals surface area contributed by atoms with Gasteiger partial charge in [-0.2, -0.15) is 0 Å². The van der Waals surface area contributed by atoms with Crippen molar-refractivity contribution in [2.45, 2.75) is 18.7 Å². The zero-order chi connectivity index (χ0) is 21.6. The van der Waals surface area contributed by atoms with E-state index in [9.17, 15) is 9.59 Å². The largest absolute Gasteiger partial charge is 0.493 e. The van der Waals surface area contributed by atoms with Gasteiger partial charge in [-0.05, 0) is 18.6 Å². The van der Waals surface area contributed by atoms with E-state index < -0.39 is 0 Å². The number of hydrogen-bond donors (Lipinski definition) is 2. The Morgan fingerprint density at radius 3 is 2.90 bits per heavy atom. The number of nitrogens with zero attached hydrogens (tertiary/aromatic N) is 2. The summed E-state index contributed by atoms with van der Waals surface area (Å²) in [4.78, 5) is 33.4. The first-order valence-electron chi connectivity index (χ1n) is 10.1. The number of carbonyl (C=O) groups excluding carboxylic acids is 2. The molecule has 31 heavy (non-hydrogen) atoms. The molecular weight excluding hydrogens is 412 g/mol. The number of hydrogen-bond acceptors (Lipinski definition) is 5. The number of ether oxygens (including phenoxy) is 1. The minimum absolute atomic E-state index is 0.0689. The van der Waals surface area contributed by atoms with Crippen molar-refractivity contribution >= 4 is 29.3 Å². The fraction of sp³-hybridized carbons (Fsp3) is 0.261. The highest BCUT2D eigenvalue weighted by atomic mass is 32.2. The Kier molecular flexibility index (Phi) is 6.57. The smallest absolute Gasteiger partial charge is 0.233 e. The van der Waals surface area contributed by atoms with Gasteiger partial charge < -0.3 is 19.9 Å². The van der Waals surface area contributed by atoms with Crippen LogP contribution < -0.4 is 10.1 Å². The van der Waals surface area contributed by atoms with E-state index >= 15 is 0 Å². The first kappa shape index (κ1) is 21.0. The van der Waals surface area contributed by atoms with E-state index in [4.69, 9.17) is 4.74 Å². The van der Waals surface area contributed by atoms with Crippen LogP contribution >= 0.6 is 11.8 Å². The van der Waals surface area contributed by atoms with Crippen LogP contribution in [0.1, 0.15) is 24.4 Å². The fourth-order valence-electron chi connectivity index (χ4n) is 3.45. The zero-order valence-electron chi connectivity index (χ0n) is 17.2. The molecule has 1 atom stereocenters. The second-order valence-electron chi connectivity index (χ2n) is 7.21. The molecule has 0 bridgehead atoms. The molecule has 1 aliphatic rings. The highest BCUT2D eigenvalue weighted by Gasteiger charge is 2.33. The van der Waals surface area contributed by atoms with Crippen molar-refractivity contribution in [3.63, 3.8) is 0 Å². The number of amides is 2. The predicted molar refractivity (Wildman–Crippen MR) is 122 cm³/mol. The first-order chi connectivity index (χ1) is 15.1. The molecule has 0 aliphatic carbocycles. The van der Waals surface area contributed by atoms with Gasteiger partial charge in [0.1, 0.15) is 16.9 Å². The topological polar surface area (TPSA) is 87.3 Å². The van der Waals surface area contributed by atoms with E-state index in [0.717, 1.165) is 17.1 Å². The third-order valence-electron chi connectivity index (χ3n) is 4.84. The molecule has 0 saturated carbocycles. The number of nitrogens with one attached hydrogen (secondary N) is 2. The molecule has 1 saturated heterocycles. The molecule has 1 unspecified atom stereocenters. The second-order valence-corrected chi connectivity index (χ2v) is 8.28. The van der Waals surface area contributed by atoms with Crippen molar-refractivity contribution in [1.82, 2.24) is 14.9 Å². The number of rotatable bonds is 8. The average Bonchev–Trinajstić information content (AvgIpc) is 3.39. The summed E-state index contributed by atoms with van der Waals surface area (Å²) in [5, 5.41) is 2.67. The molecular formula is C23H24N4O3S. The van der Waals surface area contributed by atoms with Crippen LogP contribution in [0.5, 0.6) is 5.75 Å². The fourth-order valence-corrected chi connectivity index (χ4v) is 4.62. The summed E-state index contributed by atoms with van der Waals surface area (Å²) in [6.45, 7) is 2.54. The lowest BCUT2D eigenvalue weighted by atomic mass is 10.2. The molecule has 1 aliphatic heterocycles. The van der Waals surface area contributed by atoms with Gasteiger partial charge in [0.2, 0.25) is 11.8 Å². The van der Waals surface area contributed by atoms with Crippen molar-refractivity contribution in [2.75, 3.05) is 24.2 Å². The van der Waals surface area contributed by atoms with Crippen molar-refractivity contribution in [3.8, 4) is 17.1 Å². The molecule has 8 heteroatoms. The Hall–Kier alpha value is -3.26. The number of anilines is 1. The third kappa shape index (κ3) is 5.27. The number of carbonyl (C=O) groups is 2. The number of imidazole rings is 1. The monoisotopic (exact) mass is 436 g/mol. The number of aromatic amines is 1. The second kappa shape index (κ2) is 9.70. The molecule has 2 aromatic carbocycles. The molecule has 2 N–H and O–H groups in total. The Labute approximate surface area is 185 Å². The van der Waals surface area contributed by atoms with Crippen LogP contribution in [-0.2, 0) is 9.59 Å². The van der Waals surface area contributed by atoms with E-state index in [0.29, 0.717) is 36.8 Å². The van der Waals surface area contributed by atoms with Crippen LogP contribution in [0.25, 0.3) is 11.4 Å². The summed E-state index contributed by atoms with van der Waals surface area (Å²) < 4.78 is 5.81. The molecule has 2 amide bonds. The van der Waals surface area contributed by atoms with Crippen molar-refractivity contribution in [2.24, 2.45) is 0 Å². The molecule has 1 aromatic heterocycles. The highest BCUT2D eigenvalue weighted by molar-refractivity contribution is 8.00. The van der Waals surface area contributed by atoms with Gasteiger partial charge in [-0.25, -0.2) is 4.98 Å². The van der Waals surface area contributed by atoms with Gasteiger partial charge in [-0.3, -0.25) is 9.59 Å². The lowest BCUT2D eigenvalue weighted by molar-refractivity contribution is -0.128. The van der Waals surface area contributed by atoms with E-state index in [2.05, 4.69) is 15.3 Å². The summed E-state index contributed by atoms with van der Waals surface area (Å²) in [7, 11) is 0. The Bertz CT molecular complexity index is 1050. The Morgan fingerprint density at radius 1 is 1.26 bits per heavy atom. The van der Waals surface area contributed by atoms with E-state index in [1.165, 1.54) is 6.92 Å². The zero-order valence-corrected chi connectivity index (χ0v) is 18.0. The third-order valence-corrected chi connectivity index (χ3v) is 6.08. The van der Waals surface area contributed by atoms with Crippen LogP contribution in [-0.4, -0.2) is 45.6 Å².